The Morgan fingerprint density at radius 1 is 1.17 bits per heavy atom. The summed E-state index contributed by atoms with van der Waals surface area (Å²) < 4.78 is 5.63. The summed E-state index contributed by atoms with van der Waals surface area (Å²) in [5, 5.41) is 10.2. The molecular weight excluding hydrogens is 226 g/mol. The fourth-order valence-electron chi connectivity index (χ4n) is 1.94. The van der Waals surface area contributed by atoms with Crippen molar-refractivity contribution >= 4 is 0 Å². The summed E-state index contributed by atoms with van der Waals surface area (Å²) >= 11 is 0. The predicted octanol–water partition coefficient (Wildman–Crippen LogP) is 2.51. The molecule has 1 unspecified atom stereocenters. The van der Waals surface area contributed by atoms with Crippen LogP contribution < -0.4 is 10.1 Å². The second-order valence-corrected chi connectivity index (χ2v) is 4.47. The van der Waals surface area contributed by atoms with Crippen LogP contribution in [0.4, 0.5) is 0 Å². The van der Waals surface area contributed by atoms with E-state index < -0.39 is 0 Å². The molecule has 1 atom stereocenters. The number of benzene rings is 1. The number of rotatable bonds is 5. The molecule has 0 bridgehead atoms. The van der Waals surface area contributed by atoms with Crippen LogP contribution in [0.25, 0.3) is 0 Å². The third-order valence-electron chi connectivity index (χ3n) is 2.71. The second-order valence-electron chi connectivity index (χ2n) is 4.47. The molecule has 0 radical (unpaired) electrons. The first-order valence-electron chi connectivity index (χ1n) is 6.14. The van der Waals surface area contributed by atoms with Gasteiger partial charge in [0.2, 0.25) is 0 Å². The zero-order valence-corrected chi connectivity index (χ0v) is 11.0. The number of ether oxygens (including phenoxy) is 1. The smallest absolute Gasteiger partial charge is 0.119 e. The highest BCUT2D eigenvalue weighted by Gasteiger charge is 2.13. The van der Waals surface area contributed by atoms with Crippen LogP contribution in [0.15, 0.2) is 36.5 Å². The van der Waals surface area contributed by atoms with Gasteiger partial charge < -0.3 is 10.1 Å². The molecule has 0 aliphatic rings. The Labute approximate surface area is 107 Å². The van der Waals surface area contributed by atoms with Crippen molar-refractivity contribution in [3.8, 4) is 5.75 Å². The molecule has 4 heteroatoms. The first kappa shape index (κ1) is 12.6. The van der Waals surface area contributed by atoms with Gasteiger partial charge in [0, 0.05) is 6.20 Å². The van der Waals surface area contributed by atoms with Crippen LogP contribution in [0.3, 0.4) is 0 Å². The molecule has 1 aromatic carbocycles. The van der Waals surface area contributed by atoms with Gasteiger partial charge in [-0.05, 0) is 44.7 Å². The molecule has 0 aliphatic carbocycles. The second kappa shape index (κ2) is 5.69. The molecule has 2 rings (SSSR count). The van der Waals surface area contributed by atoms with E-state index in [1.165, 1.54) is 5.56 Å². The number of aromatic nitrogens is 2. The standard InChI is InChI=1S/C14H19N3O/c1-10(2)18-12-6-4-11(5-7-12)14(15-3)13-8-9-16-17-13/h4-10,14-15H,1-3H3,(H,16,17). The number of hydrogen-bond donors (Lipinski definition) is 2. The van der Waals surface area contributed by atoms with Gasteiger partial charge in [0.05, 0.1) is 17.8 Å². The molecule has 96 valence electrons. The van der Waals surface area contributed by atoms with Gasteiger partial charge >= 0.3 is 0 Å². The van der Waals surface area contributed by atoms with Gasteiger partial charge in [-0.25, -0.2) is 0 Å². The van der Waals surface area contributed by atoms with E-state index in [4.69, 9.17) is 4.74 Å². The number of aromatic amines is 1. The van der Waals surface area contributed by atoms with Crippen molar-refractivity contribution in [3.63, 3.8) is 0 Å². The summed E-state index contributed by atoms with van der Waals surface area (Å²) in [7, 11) is 1.93. The van der Waals surface area contributed by atoms with Crippen molar-refractivity contribution in [2.45, 2.75) is 26.0 Å². The fraction of sp³-hybridized carbons (Fsp3) is 0.357. The molecule has 1 aromatic heterocycles. The summed E-state index contributed by atoms with van der Waals surface area (Å²) in [6.07, 6.45) is 1.96. The lowest BCUT2D eigenvalue weighted by atomic mass is 10.0. The summed E-state index contributed by atoms with van der Waals surface area (Å²) in [6.45, 7) is 4.05. The van der Waals surface area contributed by atoms with Crippen LogP contribution >= 0.6 is 0 Å². The van der Waals surface area contributed by atoms with Gasteiger partial charge in [0.25, 0.3) is 0 Å². The van der Waals surface area contributed by atoms with Gasteiger partial charge in [-0.2, -0.15) is 5.10 Å². The number of nitrogens with zero attached hydrogens (tertiary/aromatic N) is 1. The molecule has 2 aromatic rings. The molecule has 4 nitrogen and oxygen atoms in total. The summed E-state index contributed by atoms with van der Waals surface area (Å²) in [5.41, 5.74) is 2.23. The Morgan fingerprint density at radius 3 is 2.39 bits per heavy atom. The third kappa shape index (κ3) is 2.90. The molecule has 18 heavy (non-hydrogen) atoms. The zero-order chi connectivity index (χ0) is 13.0. The summed E-state index contributed by atoms with van der Waals surface area (Å²) in [5.74, 6) is 0.896. The van der Waals surface area contributed by atoms with Crippen LogP contribution in [0.5, 0.6) is 5.75 Å². The highest BCUT2D eigenvalue weighted by molar-refractivity contribution is 5.33. The number of nitrogens with one attached hydrogen (secondary N) is 2. The van der Waals surface area contributed by atoms with Crippen molar-refractivity contribution in [2.24, 2.45) is 0 Å². The average molecular weight is 245 g/mol. The SMILES string of the molecule is CNC(c1ccc(OC(C)C)cc1)c1ccn[nH]1. The summed E-state index contributed by atoms with van der Waals surface area (Å²) in [4.78, 5) is 0. The fourth-order valence-corrected chi connectivity index (χ4v) is 1.94. The molecule has 0 saturated heterocycles. The van der Waals surface area contributed by atoms with Crippen molar-refractivity contribution < 1.29 is 4.74 Å². The lowest BCUT2D eigenvalue weighted by Gasteiger charge is -2.16. The predicted molar refractivity (Wildman–Crippen MR) is 71.7 cm³/mol. The van der Waals surface area contributed by atoms with E-state index in [0.717, 1.165) is 11.4 Å². The van der Waals surface area contributed by atoms with Gasteiger partial charge in [0.1, 0.15) is 5.75 Å². The van der Waals surface area contributed by atoms with Crippen molar-refractivity contribution in [1.29, 1.82) is 0 Å². The molecule has 0 fully saturated rings. The minimum atomic E-state index is 0.126. The van der Waals surface area contributed by atoms with E-state index in [2.05, 4.69) is 27.6 Å². The van der Waals surface area contributed by atoms with E-state index in [1.54, 1.807) is 6.20 Å². The van der Waals surface area contributed by atoms with Crippen LogP contribution in [0.1, 0.15) is 31.1 Å². The number of H-pyrrole nitrogens is 1. The van der Waals surface area contributed by atoms with E-state index in [1.807, 2.05) is 39.1 Å². The first-order chi connectivity index (χ1) is 8.70. The quantitative estimate of drug-likeness (QED) is 0.851. The zero-order valence-electron chi connectivity index (χ0n) is 11.0. The summed E-state index contributed by atoms with van der Waals surface area (Å²) in [6, 6.07) is 10.2. The van der Waals surface area contributed by atoms with E-state index >= 15 is 0 Å². The van der Waals surface area contributed by atoms with Crippen molar-refractivity contribution in [3.05, 3.63) is 47.8 Å². The molecular formula is C14H19N3O. The maximum Gasteiger partial charge on any atom is 0.119 e. The minimum Gasteiger partial charge on any atom is -0.491 e. The van der Waals surface area contributed by atoms with Crippen molar-refractivity contribution in [1.82, 2.24) is 15.5 Å². The Hall–Kier alpha value is -1.81. The highest BCUT2D eigenvalue weighted by atomic mass is 16.5. The van der Waals surface area contributed by atoms with Crippen LogP contribution in [0.2, 0.25) is 0 Å². The van der Waals surface area contributed by atoms with Gasteiger partial charge in [0.15, 0.2) is 0 Å². The topological polar surface area (TPSA) is 49.9 Å². The maximum atomic E-state index is 5.63. The van der Waals surface area contributed by atoms with Gasteiger partial charge in [-0.1, -0.05) is 12.1 Å². The molecule has 1 heterocycles. The lowest BCUT2D eigenvalue weighted by molar-refractivity contribution is 0.242. The maximum absolute atomic E-state index is 5.63. The Bertz CT molecular complexity index is 462. The monoisotopic (exact) mass is 245 g/mol. The van der Waals surface area contributed by atoms with E-state index in [-0.39, 0.29) is 12.1 Å². The van der Waals surface area contributed by atoms with Crippen molar-refractivity contribution in [2.75, 3.05) is 7.05 Å². The van der Waals surface area contributed by atoms with Gasteiger partial charge in [-0.15, -0.1) is 0 Å². The van der Waals surface area contributed by atoms with Crippen LogP contribution in [-0.2, 0) is 0 Å². The van der Waals surface area contributed by atoms with Gasteiger partial charge in [-0.3, -0.25) is 5.10 Å². The normalized spacial score (nSPS) is 12.7. The molecule has 2 N–H and O–H groups in total. The lowest BCUT2D eigenvalue weighted by Crippen LogP contribution is -2.18. The molecule has 0 spiro atoms. The largest absolute Gasteiger partial charge is 0.491 e. The average Bonchev–Trinajstić information content (AvgIpc) is 2.85. The first-order valence-corrected chi connectivity index (χ1v) is 6.14. The number of hydrogen-bond acceptors (Lipinski definition) is 3. The van der Waals surface area contributed by atoms with E-state index in [0.29, 0.717) is 0 Å². The molecule has 0 amide bonds. The molecule has 0 saturated carbocycles. The Balaban J connectivity index is 2.17. The molecule has 0 aliphatic heterocycles. The van der Waals surface area contributed by atoms with Crippen LogP contribution in [-0.4, -0.2) is 23.3 Å². The van der Waals surface area contributed by atoms with Crippen LogP contribution in [0, 0.1) is 0 Å². The third-order valence-corrected chi connectivity index (χ3v) is 2.71. The highest BCUT2D eigenvalue weighted by Crippen LogP contribution is 2.22. The Kier molecular flexibility index (Phi) is 3.99. The van der Waals surface area contributed by atoms with E-state index in [9.17, 15) is 0 Å². The Morgan fingerprint density at radius 2 is 1.89 bits per heavy atom. The minimum absolute atomic E-state index is 0.126.